The van der Waals surface area contributed by atoms with Crippen molar-refractivity contribution >= 4 is 26.8 Å². The molecule has 1 nitrogen and oxygen atoms in total. The molecule has 8 rings (SSSR count). The van der Waals surface area contributed by atoms with Crippen molar-refractivity contribution in [1.29, 1.82) is 0 Å². The fourth-order valence-corrected chi connectivity index (χ4v) is 11.6. The van der Waals surface area contributed by atoms with Crippen LogP contribution in [0.25, 0.3) is 66.8 Å². The van der Waals surface area contributed by atoms with Crippen molar-refractivity contribution < 1.29 is 3.10 Å². The van der Waals surface area contributed by atoms with Gasteiger partial charge in [0.2, 0.25) is 0 Å². The summed E-state index contributed by atoms with van der Waals surface area (Å²) in [5.41, 5.74) is 12.8. The van der Waals surface area contributed by atoms with Gasteiger partial charge in [0.25, 0.3) is 0 Å². The van der Waals surface area contributed by atoms with Gasteiger partial charge in [0.1, 0.15) is 0 Å². The van der Waals surface area contributed by atoms with Gasteiger partial charge in [-0.05, 0) is 0 Å². The molecule has 0 bridgehead atoms. The number of hydrogen-bond acceptors (Lipinski definition) is 1. The summed E-state index contributed by atoms with van der Waals surface area (Å²) in [6.45, 7) is 0. The summed E-state index contributed by atoms with van der Waals surface area (Å²) in [7, 11) is 0. The molecule has 0 aliphatic rings. The molecule has 0 heterocycles. The third-order valence-electron chi connectivity index (χ3n) is 9.10. The topological polar surface area (TPSA) is 17.1 Å². The van der Waals surface area contributed by atoms with Crippen LogP contribution in [0.4, 0.5) is 0 Å². The summed E-state index contributed by atoms with van der Waals surface area (Å²) in [5, 5.41) is 0. The Balaban J connectivity index is 1.49. The predicted molar refractivity (Wildman–Crippen MR) is 211 cm³/mol. The van der Waals surface area contributed by atoms with Gasteiger partial charge in [-0.1, -0.05) is 0 Å². The zero-order valence-corrected chi connectivity index (χ0v) is 29.8. The molecule has 8 aromatic rings. The number of benzene rings is 8. The van der Waals surface area contributed by atoms with Crippen LogP contribution in [-0.4, -0.2) is 19.5 Å². The Morgan fingerprint density at radius 1 is 0.240 bits per heavy atom. The van der Waals surface area contributed by atoms with E-state index in [1.54, 1.807) is 0 Å². The molecule has 2 heteroatoms. The van der Waals surface area contributed by atoms with Gasteiger partial charge in [0.05, 0.1) is 0 Å². The first-order chi connectivity index (χ1) is 24.7. The first-order valence-electron chi connectivity index (χ1n) is 16.8. The summed E-state index contributed by atoms with van der Waals surface area (Å²) in [6, 6.07) is 71.9. The Bertz CT molecular complexity index is 2100. The van der Waals surface area contributed by atoms with E-state index in [0.717, 1.165) is 74.0 Å². The zero-order chi connectivity index (χ0) is 33.7. The zero-order valence-electron chi connectivity index (χ0n) is 27.4. The molecule has 238 valence electrons. The molecule has 0 aromatic heterocycles. The van der Waals surface area contributed by atoms with E-state index in [0.29, 0.717) is 0 Å². The van der Waals surface area contributed by atoms with Crippen molar-refractivity contribution in [1.82, 2.24) is 0 Å². The monoisotopic (exact) mass is 756 g/mol. The van der Waals surface area contributed by atoms with Gasteiger partial charge in [-0.2, -0.15) is 0 Å². The van der Waals surface area contributed by atoms with Crippen LogP contribution in [0, 0.1) is 0 Å². The van der Waals surface area contributed by atoms with Crippen LogP contribution in [0.15, 0.2) is 206 Å². The summed E-state index contributed by atoms with van der Waals surface area (Å²) in [5.74, 6) is 0. The van der Waals surface area contributed by atoms with Crippen molar-refractivity contribution in [3.63, 3.8) is 0 Å². The SMILES string of the molecule is O=[Te](c1c(-c2ccccc2)cc(-c2ccccc2)cc1-c1ccccc1)c1c(-c2ccccc2)cc(-c2ccccc2)cc1-c1ccccc1. The second-order valence-electron chi connectivity index (χ2n) is 12.3. The van der Waals surface area contributed by atoms with E-state index in [1.165, 1.54) is 0 Å². The van der Waals surface area contributed by atoms with E-state index < -0.39 is 19.5 Å². The molecule has 0 amide bonds. The molecule has 0 fully saturated rings. The molecular formula is C48H34OTe. The number of rotatable bonds is 8. The third kappa shape index (κ3) is 6.40. The van der Waals surface area contributed by atoms with Gasteiger partial charge in [0, 0.05) is 0 Å². The summed E-state index contributed by atoms with van der Waals surface area (Å²) in [4.78, 5) is 0. The van der Waals surface area contributed by atoms with Crippen LogP contribution < -0.4 is 7.22 Å². The Kier molecular flexibility index (Phi) is 9.13. The van der Waals surface area contributed by atoms with Crippen molar-refractivity contribution in [2.24, 2.45) is 0 Å². The predicted octanol–water partition coefficient (Wildman–Crippen LogP) is 11.2. The van der Waals surface area contributed by atoms with Crippen LogP contribution in [0.1, 0.15) is 0 Å². The van der Waals surface area contributed by atoms with Crippen molar-refractivity contribution in [3.05, 3.63) is 206 Å². The molecule has 0 saturated heterocycles. The first-order valence-corrected chi connectivity index (χ1v) is 20.1. The fraction of sp³-hybridized carbons (Fsp3) is 0. The Morgan fingerprint density at radius 3 is 0.660 bits per heavy atom. The molecule has 0 radical (unpaired) electrons. The van der Waals surface area contributed by atoms with E-state index in [1.807, 2.05) is 36.4 Å². The van der Waals surface area contributed by atoms with Gasteiger partial charge in [-0.15, -0.1) is 0 Å². The van der Waals surface area contributed by atoms with Gasteiger partial charge in [0.15, 0.2) is 0 Å². The number of hydrogen-bond donors (Lipinski definition) is 0. The van der Waals surface area contributed by atoms with Crippen LogP contribution in [0.2, 0.25) is 0 Å². The average Bonchev–Trinajstić information content (AvgIpc) is 3.21. The van der Waals surface area contributed by atoms with Crippen LogP contribution in [-0.2, 0) is 3.10 Å². The summed E-state index contributed by atoms with van der Waals surface area (Å²) >= 11 is -3.69. The molecule has 8 aromatic carbocycles. The normalized spacial score (nSPS) is 11.1. The molecular weight excluding hydrogens is 720 g/mol. The van der Waals surface area contributed by atoms with Gasteiger partial charge in [-0.25, -0.2) is 0 Å². The Labute approximate surface area is 301 Å². The van der Waals surface area contributed by atoms with E-state index in [9.17, 15) is 0 Å². The molecule has 0 spiro atoms. The maximum absolute atomic E-state index is 16.2. The Hall–Kier alpha value is -5.65. The second-order valence-corrected chi connectivity index (χ2v) is 16.1. The van der Waals surface area contributed by atoms with E-state index in [2.05, 4.69) is 170 Å². The van der Waals surface area contributed by atoms with E-state index in [4.69, 9.17) is 0 Å². The quantitative estimate of drug-likeness (QED) is 0.141. The molecule has 0 aliphatic heterocycles. The average molecular weight is 754 g/mol. The molecule has 50 heavy (non-hydrogen) atoms. The Morgan fingerprint density at radius 2 is 0.440 bits per heavy atom. The standard InChI is InChI=1S/C48H34OTe/c49-50(47-43(37-23-11-3-12-24-37)31-41(35-19-7-1-8-20-35)32-44(47)38-25-13-4-14-26-38)48-45(39-27-15-5-16-28-39)33-42(36-21-9-2-10-22-36)34-46(48)40-29-17-6-18-30-40/h1-34H. The molecule has 0 atom stereocenters. The van der Waals surface area contributed by atoms with Crippen molar-refractivity contribution in [3.8, 4) is 66.8 Å². The second kappa shape index (κ2) is 14.5. The maximum atomic E-state index is 16.2. The first kappa shape index (κ1) is 31.6. The minimum atomic E-state index is -3.69. The molecule has 0 unspecified atom stereocenters. The van der Waals surface area contributed by atoms with Crippen LogP contribution in [0.3, 0.4) is 0 Å². The van der Waals surface area contributed by atoms with Crippen LogP contribution >= 0.6 is 0 Å². The fourth-order valence-electron chi connectivity index (χ4n) is 6.68. The van der Waals surface area contributed by atoms with E-state index >= 15 is 3.10 Å². The van der Waals surface area contributed by atoms with E-state index in [-0.39, 0.29) is 0 Å². The molecule has 0 N–H and O–H groups in total. The summed E-state index contributed by atoms with van der Waals surface area (Å²) < 4.78 is 18.0. The van der Waals surface area contributed by atoms with Crippen molar-refractivity contribution in [2.45, 2.75) is 0 Å². The summed E-state index contributed by atoms with van der Waals surface area (Å²) in [6.07, 6.45) is 0. The third-order valence-corrected chi connectivity index (χ3v) is 13.7. The minimum absolute atomic E-state index is 0.938. The van der Waals surface area contributed by atoms with Gasteiger partial charge in [-0.3, -0.25) is 0 Å². The van der Waals surface area contributed by atoms with Crippen LogP contribution in [0.5, 0.6) is 0 Å². The molecule has 0 aliphatic carbocycles. The molecule has 0 saturated carbocycles. The van der Waals surface area contributed by atoms with Gasteiger partial charge >= 0.3 is 303 Å². The van der Waals surface area contributed by atoms with Gasteiger partial charge < -0.3 is 0 Å². The van der Waals surface area contributed by atoms with Crippen molar-refractivity contribution in [2.75, 3.05) is 0 Å².